The largest absolute Gasteiger partial charge is 0.477 e. The van der Waals surface area contributed by atoms with Crippen LogP contribution in [-0.2, 0) is 11.3 Å². The van der Waals surface area contributed by atoms with Crippen molar-refractivity contribution in [2.45, 2.75) is 13.5 Å². The minimum atomic E-state index is -1.02. The highest BCUT2D eigenvalue weighted by molar-refractivity contribution is 7.15. The summed E-state index contributed by atoms with van der Waals surface area (Å²) in [6.45, 7) is 3.56. The first-order valence-corrected chi connectivity index (χ1v) is 8.11. The lowest BCUT2D eigenvalue weighted by Gasteiger charge is -2.13. The van der Waals surface area contributed by atoms with Crippen molar-refractivity contribution in [2.24, 2.45) is 5.92 Å². The minimum absolute atomic E-state index is 0.161. The van der Waals surface area contributed by atoms with Crippen molar-refractivity contribution in [3.8, 4) is 0 Å². The van der Waals surface area contributed by atoms with E-state index < -0.39 is 5.97 Å². The van der Waals surface area contributed by atoms with E-state index in [1.807, 2.05) is 37.3 Å². The second-order valence-electron chi connectivity index (χ2n) is 5.28. The van der Waals surface area contributed by atoms with Gasteiger partial charge in [-0.3, -0.25) is 4.79 Å². The van der Waals surface area contributed by atoms with E-state index in [-0.39, 0.29) is 16.7 Å². The average Bonchev–Trinajstić information content (AvgIpc) is 3.04. The summed E-state index contributed by atoms with van der Waals surface area (Å²) in [7, 11) is 0. The van der Waals surface area contributed by atoms with E-state index in [4.69, 9.17) is 9.84 Å². The van der Waals surface area contributed by atoms with Gasteiger partial charge in [-0.15, -0.1) is 11.3 Å². The van der Waals surface area contributed by atoms with Gasteiger partial charge in [0.25, 0.3) is 5.91 Å². The van der Waals surface area contributed by atoms with Gasteiger partial charge in [-0.05, 0) is 23.6 Å². The first-order valence-electron chi connectivity index (χ1n) is 7.29. The molecule has 6 heteroatoms. The van der Waals surface area contributed by atoms with Crippen LogP contribution in [0.5, 0.6) is 0 Å². The van der Waals surface area contributed by atoms with Crippen LogP contribution in [0.25, 0.3) is 0 Å². The fourth-order valence-corrected chi connectivity index (χ4v) is 2.70. The normalized spacial score (nSPS) is 11.9. The van der Waals surface area contributed by atoms with Crippen molar-refractivity contribution >= 4 is 23.2 Å². The predicted molar refractivity (Wildman–Crippen MR) is 88.9 cm³/mol. The zero-order valence-corrected chi connectivity index (χ0v) is 13.6. The molecule has 0 aliphatic rings. The molecule has 2 aromatic rings. The fourth-order valence-electron chi connectivity index (χ4n) is 1.94. The molecule has 0 radical (unpaired) electrons. The Morgan fingerprint density at radius 2 is 1.87 bits per heavy atom. The second kappa shape index (κ2) is 8.45. The molecule has 23 heavy (non-hydrogen) atoms. The summed E-state index contributed by atoms with van der Waals surface area (Å²) in [4.78, 5) is 23.3. The summed E-state index contributed by atoms with van der Waals surface area (Å²) in [5.41, 5.74) is 1.11. The third kappa shape index (κ3) is 5.50. The van der Waals surface area contributed by atoms with Gasteiger partial charge in [0.15, 0.2) is 0 Å². The standard InChI is InChI=1S/C17H19NO4S/c1-12(10-22-11-13-5-3-2-4-6-13)9-18-16(19)14-7-8-15(23-14)17(20)21/h2-8,12H,9-11H2,1H3,(H,18,19)(H,20,21). The van der Waals surface area contributed by atoms with Crippen LogP contribution in [-0.4, -0.2) is 30.1 Å². The van der Waals surface area contributed by atoms with Crippen molar-refractivity contribution < 1.29 is 19.4 Å². The maximum Gasteiger partial charge on any atom is 0.345 e. The zero-order valence-electron chi connectivity index (χ0n) is 12.8. The molecule has 1 aromatic carbocycles. The van der Waals surface area contributed by atoms with Crippen LogP contribution in [0, 0.1) is 5.92 Å². The highest BCUT2D eigenvalue weighted by Gasteiger charge is 2.13. The maximum absolute atomic E-state index is 11.9. The lowest BCUT2D eigenvalue weighted by atomic mass is 10.2. The summed E-state index contributed by atoms with van der Waals surface area (Å²) in [5, 5.41) is 11.6. The fraction of sp³-hybridized carbons (Fsp3) is 0.294. The molecule has 1 atom stereocenters. The Balaban J connectivity index is 1.70. The first kappa shape index (κ1) is 17.2. The molecular weight excluding hydrogens is 314 g/mol. The molecule has 2 N–H and O–H groups in total. The number of hydrogen-bond acceptors (Lipinski definition) is 4. The van der Waals surface area contributed by atoms with Crippen LogP contribution in [0.3, 0.4) is 0 Å². The molecule has 0 saturated heterocycles. The molecule has 1 aromatic heterocycles. The minimum Gasteiger partial charge on any atom is -0.477 e. The molecule has 0 saturated carbocycles. The number of amides is 1. The molecular formula is C17H19NO4S. The molecule has 1 amide bonds. The third-order valence-electron chi connectivity index (χ3n) is 3.17. The van der Waals surface area contributed by atoms with E-state index in [1.54, 1.807) is 0 Å². The van der Waals surface area contributed by atoms with Crippen LogP contribution in [0.15, 0.2) is 42.5 Å². The summed E-state index contributed by atoms with van der Waals surface area (Å²) >= 11 is 0.973. The SMILES string of the molecule is CC(CNC(=O)c1ccc(C(=O)O)s1)COCc1ccccc1. The Morgan fingerprint density at radius 1 is 1.17 bits per heavy atom. The number of carbonyl (C=O) groups is 2. The van der Waals surface area contributed by atoms with E-state index in [2.05, 4.69) is 5.32 Å². The first-order chi connectivity index (χ1) is 11.1. The van der Waals surface area contributed by atoms with Gasteiger partial charge in [-0.1, -0.05) is 37.3 Å². The van der Waals surface area contributed by atoms with Crippen molar-refractivity contribution in [1.29, 1.82) is 0 Å². The number of ether oxygens (including phenoxy) is 1. The molecule has 5 nitrogen and oxygen atoms in total. The molecule has 2 rings (SSSR count). The number of nitrogens with one attached hydrogen (secondary N) is 1. The predicted octanol–water partition coefficient (Wildman–Crippen LogP) is 3.03. The van der Waals surface area contributed by atoms with E-state index in [0.717, 1.165) is 16.9 Å². The molecule has 1 unspecified atom stereocenters. The number of hydrogen-bond donors (Lipinski definition) is 2. The Morgan fingerprint density at radius 3 is 2.52 bits per heavy atom. The number of carboxylic acid groups (broad SMARTS) is 1. The summed E-state index contributed by atoms with van der Waals surface area (Å²) in [6, 6.07) is 12.9. The van der Waals surface area contributed by atoms with Gasteiger partial charge in [0, 0.05) is 6.54 Å². The van der Waals surface area contributed by atoms with E-state index >= 15 is 0 Å². The number of aromatic carboxylic acids is 1. The van der Waals surface area contributed by atoms with Crippen LogP contribution in [0.2, 0.25) is 0 Å². The van der Waals surface area contributed by atoms with Gasteiger partial charge in [-0.25, -0.2) is 4.79 Å². The zero-order chi connectivity index (χ0) is 16.7. The van der Waals surface area contributed by atoms with Crippen LogP contribution in [0.1, 0.15) is 31.8 Å². The number of carboxylic acids is 1. The van der Waals surface area contributed by atoms with Gasteiger partial charge in [0.05, 0.1) is 18.1 Å². The second-order valence-corrected chi connectivity index (χ2v) is 6.37. The highest BCUT2D eigenvalue weighted by Crippen LogP contribution is 2.16. The molecule has 0 fully saturated rings. The van der Waals surface area contributed by atoms with Crippen molar-refractivity contribution in [1.82, 2.24) is 5.32 Å². The molecule has 0 spiro atoms. The average molecular weight is 333 g/mol. The Labute approximate surface area is 138 Å². The Kier molecular flexibility index (Phi) is 6.31. The number of rotatable bonds is 8. The summed E-state index contributed by atoms with van der Waals surface area (Å²) in [6.07, 6.45) is 0. The quantitative estimate of drug-likeness (QED) is 0.778. The van der Waals surface area contributed by atoms with Crippen molar-refractivity contribution in [2.75, 3.05) is 13.2 Å². The van der Waals surface area contributed by atoms with Gasteiger partial charge >= 0.3 is 5.97 Å². The lowest BCUT2D eigenvalue weighted by molar-refractivity contribution is 0.0702. The number of benzene rings is 1. The van der Waals surface area contributed by atoms with Crippen molar-refractivity contribution in [3.05, 3.63) is 57.8 Å². The molecule has 0 aliphatic carbocycles. The number of thiophene rings is 1. The van der Waals surface area contributed by atoms with Crippen molar-refractivity contribution in [3.63, 3.8) is 0 Å². The van der Waals surface area contributed by atoms with Crippen LogP contribution in [0.4, 0.5) is 0 Å². The van der Waals surface area contributed by atoms with E-state index in [9.17, 15) is 9.59 Å². The van der Waals surface area contributed by atoms with E-state index in [1.165, 1.54) is 12.1 Å². The third-order valence-corrected chi connectivity index (χ3v) is 4.24. The topological polar surface area (TPSA) is 75.6 Å². The van der Waals surface area contributed by atoms with Gasteiger partial charge in [-0.2, -0.15) is 0 Å². The van der Waals surface area contributed by atoms with Crippen LogP contribution >= 0.6 is 11.3 Å². The highest BCUT2D eigenvalue weighted by atomic mass is 32.1. The smallest absolute Gasteiger partial charge is 0.345 e. The van der Waals surface area contributed by atoms with Gasteiger partial charge in [0.1, 0.15) is 4.88 Å². The Bertz CT molecular complexity index is 654. The summed E-state index contributed by atoms with van der Waals surface area (Å²) in [5.74, 6) is -1.10. The molecule has 0 aliphatic heterocycles. The van der Waals surface area contributed by atoms with Crippen LogP contribution < -0.4 is 5.32 Å². The molecule has 1 heterocycles. The summed E-state index contributed by atoms with van der Waals surface area (Å²) < 4.78 is 5.63. The lowest BCUT2D eigenvalue weighted by Crippen LogP contribution is -2.29. The molecule has 0 bridgehead atoms. The Hall–Kier alpha value is -2.18. The molecule has 122 valence electrons. The van der Waals surface area contributed by atoms with Gasteiger partial charge < -0.3 is 15.2 Å². The van der Waals surface area contributed by atoms with Gasteiger partial charge in [0.2, 0.25) is 0 Å². The maximum atomic E-state index is 11.9. The monoisotopic (exact) mass is 333 g/mol. The number of carbonyl (C=O) groups excluding carboxylic acids is 1. The van der Waals surface area contributed by atoms with E-state index in [0.29, 0.717) is 24.6 Å².